The van der Waals surface area contributed by atoms with Crippen LogP contribution in [0.1, 0.15) is 42.5 Å². The molecule has 7 nitrogen and oxygen atoms in total. The summed E-state index contributed by atoms with van der Waals surface area (Å²) in [5.41, 5.74) is 1.46. The second kappa shape index (κ2) is 9.91. The van der Waals surface area contributed by atoms with Gasteiger partial charge in [-0.1, -0.05) is 25.3 Å². The Morgan fingerprint density at radius 3 is 2.27 bits per heavy atom. The minimum absolute atomic E-state index is 0.0727. The molecule has 2 amide bonds. The first-order chi connectivity index (χ1) is 16.2. The number of nitrogens with zero attached hydrogens (tertiary/aromatic N) is 4. The average Bonchev–Trinajstić information content (AvgIpc) is 2.85. The third-order valence-corrected chi connectivity index (χ3v) is 7.33. The van der Waals surface area contributed by atoms with Crippen LogP contribution in [-0.2, 0) is 4.79 Å². The van der Waals surface area contributed by atoms with Crippen LogP contribution in [0.3, 0.4) is 0 Å². The normalized spacial score (nSPS) is 20.4. The van der Waals surface area contributed by atoms with Gasteiger partial charge in [-0.3, -0.25) is 14.5 Å². The number of piperazine rings is 1. The van der Waals surface area contributed by atoms with E-state index in [2.05, 4.69) is 26.2 Å². The number of nitrogens with one attached hydrogen (secondary N) is 1. The minimum atomic E-state index is 0.0727. The predicted molar refractivity (Wildman–Crippen MR) is 129 cm³/mol. The Balaban J connectivity index is 1.07. The number of aromatic nitrogens is 1. The van der Waals surface area contributed by atoms with Crippen LogP contribution in [0.25, 0.3) is 0 Å². The van der Waals surface area contributed by atoms with Gasteiger partial charge in [0.05, 0.1) is 0 Å². The van der Waals surface area contributed by atoms with E-state index >= 15 is 0 Å². The zero-order valence-electron chi connectivity index (χ0n) is 19.2. The lowest BCUT2D eigenvalue weighted by Crippen LogP contribution is -2.64. The average molecular weight is 448 g/mol. The maximum absolute atomic E-state index is 12.9. The molecule has 2 aliphatic heterocycles. The van der Waals surface area contributed by atoms with Gasteiger partial charge in [-0.15, -0.1) is 0 Å². The number of carbonyl (C=O) groups is 2. The standard InChI is InChI=1S/C26H33N5O2/c32-25(20-6-2-1-3-7-20)28-22-11-9-21(10-12-22)26(33)31-18-23(19-31)29-14-16-30(17-15-29)24-8-4-5-13-27-24/h4-5,8-13,20,23H,1-3,6-7,14-19H2,(H,28,32). The van der Waals surface area contributed by atoms with Crippen molar-refractivity contribution in [1.82, 2.24) is 14.8 Å². The van der Waals surface area contributed by atoms with Crippen LogP contribution in [0.5, 0.6) is 0 Å². The SMILES string of the molecule is O=C(Nc1ccc(C(=O)N2CC(N3CCN(c4ccccn4)CC3)C2)cc1)C1CCCCC1. The van der Waals surface area contributed by atoms with Gasteiger partial charge in [0.25, 0.3) is 5.91 Å². The number of amides is 2. The summed E-state index contributed by atoms with van der Waals surface area (Å²) in [6, 6.07) is 13.8. The molecule has 0 spiro atoms. The zero-order valence-corrected chi connectivity index (χ0v) is 19.2. The molecule has 174 valence electrons. The highest BCUT2D eigenvalue weighted by atomic mass is 16.2. The van der Waals surface area contributed by atoms with E-state index in [4.69, 9.17) is 0 Å². The predicted octanol–water partition coefficient (Wildman–Crippen LogP) is 3.25. The smallest absolute Gasteiger partial charge is 0.253 e. The summed E-state index contributed by atoms with van der Waals surface area (Å²) in [4.78, 5) is 36.5. The van der Waals surface area contributed by atoms with E-state index in [-0.39, 0.29) is 17.7 Å². The van der Waals surface area contributed by atoms with Crippen LogP contribution in [-0.4, -0.2) is 71.9 Å². The molecule has 1 saturated carbocycles. The first kappa shape index (κ1) is 21.9. The Morgan fingerprint density at radius 1 is 0.879 bits per heavy atom. The molecule has 1 aromatic heterocycles. The van der Waals surface area contributed by atoms with Crippen LogP contribution in [0.15, 0.2) is 48.7 Å². The van der Waals surface area contributed by atoms with Crippen molar-refractivity contribution in [3.8, 4) is 0 Å². The zero-order chi connectivity index (χ0) is 22.6. The third kappa shape index (κ3) is 5.03. The monoisotopic (exact) mass is 447 g/mol. The molecule has 33 heavy (non-hydrogen) atoms. The largest absolute Gasteiger partial charge is 0.354 e. The Morgan fingerprint density at radius 2 is 1.61 bits per heavy atom. The fraction of sp³-hybridized carbons (Fsp3) is 0.500. The molecule has 0 atom stereocenters. The van der Waals surface area contributed by atoms with Crippen LogP contribution in [0, 0.1) is 5.92 Å². The maximum Gasteiger partial charge on any atom is 0.253 e. The van der Waals surface area contributed by atoms with E-state index in [0.29, 0.717) is 11.6 Å². The van der Waals surface area contributed by atoms with Crippen molar-refractivity contribution >= 4 is 23.3 Å². The van der Waals surface area contributed by atoms with Crippen molar-refractivity contribution in [2.45, 2.75) is 38.1 Å². The molecule has 1 N–H and O–H groups in total. The number of anilines is 2. The summed E-state index contributed by atoms with van der Waals surface area (Å²) in [5, 5.41) is 3.02. The van der Waals surface area contributed by atoms with E-state index in [1.165, 1.54) is 6.42 Å². The van der Waals surface area contributed by atoms with Crippen molar-refractivity contribution in [1.29, 1.82) is 0 Å². The first-order valence-electron chi connectivity index (χ1n) is 12.3. The van der Waals surface area contributed by atoms with E-state index in [1.54, 1.807) is 0 Å². The lowest BCUT2D eigenvalue weighted by Gasteiger charge is -2.48. The number of carbonyl (C=O) groups excluding carboxylic acids is 2. The molecule has 0 bridgehead atoms. The summed E-state index contributed by atoms with van der Waals surface area (Å²) in [6.07, 6.45) is 7.33. The number of pyridine rings is 1. The second-order valence-electron chi connectivity index (χ2n) is 9.48. The summed E-state index contributed by atoms with van der Waals surface area (Å²) in [6.45, 7) is 5.49. The fourth-order valence-electron chi connectivity index (χ4n) is 5.20. The van der Waals surface area contributed by atoms with E-state index in [9.17, 15) is 9.59 Å². The van der Waals surface area contributed by atoms with Crippen LogP contribution in [0.2, 0.25) is 0 Å². The lowest BCUT2D eigenvalue weighted by atomic mass is 9.88. The van der Waals surface area contributed by atoms with Crippen molar-refractivity contribution in [2.75, 3.05) is 49.5 Å². The minimum Gasteiger partial charge on any atom is -0.354 e. The van der Waals surface area contributed by atoms with Crippen LogP contribution in [0.4, 0.5) is 11.5 Å². The molecule has 2 aromatic rings. The maximum atomic E-state index is 12.9. The van der Waals surface area contributed by atoms with Gasteiger partial charge in [-0.25, -0.2) is 4.98 Å². The van der Waals surface area contributed by atoms with Crippen molar-refractivity contribution in [3.05, 3.63) is 54.2 Å². The number of hydrogen-bond acceptors (Lipinski definition) is 5. The highest BCUT2D eigenvalue weighted by Crippen LogP contribution is 2.26. The number of likely N-dealkylation sites (tertiary alicyclic amines) is 1. The molecule has 7 heteroatoms. The Labute approximate surface area is 195 Å². The van der Waals surface area contributed by atoms with Crippen LogP contribution < -0.4 is 10.2 Å². The Bertz CT molecular complexity index is 944. The molecule has 0 radical (unpaired) electrons. The highest BCUT2D eigenvalue weighted by molar-refractivity contribution is 5.96. The van der Waals surface area contributed by atoms with E-state index < -0.39 is 0 Å². The first-order valence-corrected chi connectivity index (χ1v) is 12.3. The van der Waals surface area contributed by atoms with Gasteiger partial charge >= 0.3 is 0 Å². The highest BCUT2D eigenvalue weighted by Gasteiger charge is 2.36. The topological polar surface area (TPSA) is 68.8 Å². The molecule has 3 heterocycles. The van der Waals surface area contributed by atoms with Gasteiger partial charge in [0, 0.05) is 68.7 Å². The van der Waals surface area contributed by atoms with Gasteiger partial charge in [-0.2, -0.15) is 0 Å². The third-order valence-electron chi connectivity index (χ3n) is 7.33. The number of hydrogen-bond donors (Lipinski definition) is 1. The molecule has 1 aromatic carbocycles. The summed E-state index contributed by atoms with van der Waals surface area (Å²) < 4.78 is 0. The summed E-state index contributed by atoms with van der Waals surface area (Å²) in [5.74, 6) is 1.36. The van der Waals surface area contributed by atoms with E-state index in [1.807, 2.05) is 47.5 Å². The van der Waals surface area contributed by atoms with Crippen molar-refractivity contribution in [3.63, 3.8) is 0 Å². The number of rotatable bonds is 5. The quantitative estimate of drug-likeness (QED) is 0.762. The van der Waals surface area contributed by atoms with Gasteiger partial charge < -0.3 is 15.1 Å². The number of benzene rings is 1. The van der Waals surface area contributed by atoms with Crippen LogP contribution >= 0.6 is 0 Å². The molecule has 3 fully saturated rings. The Hall–Kier alpha value is -2.93. The molecule has 1 aliphatic carbocycles. The van der Waals surface area contributed by atoms with Crippen molar-refractivity contribution in [2.24, 2.45) is 5.92 Å². The van der Waals surface area contributed by atoms with Gasteiger partial charge in [0.15, 0.2) is 0 Å². The molecule has 0 unspecified atom stereocenters. The molecule has 3 aliphatic rings. The van der Waals surface area contributed by atoms with Crippen molar-refractivity contribution < 1.29 is 9.59 Å². The summed E-state index contributed by atoms with van der Waals surface area (Å²) >= 11 is 0. The van der Waals surface area contributed by atoms with E-state index in [0.717, 1.165) is 76.5 Å². The fourth-order valence-corrected chi connectivity index (χ4v) is 5.20. The second-order valence-corrected chi connectivity index (χ2v) is 9.48. The molecule has 5 rings (SSSR count). The van der Waals surface area contributed by atoms with Gasteiger partial charge in [-0.05, 0) is 49.2 Å². The molecular formula is C26H33N5O2. The van der Waals surface area contributed by atoms with Gasteiger partial charge in [0.1, 0.15) is 5.82 Å². The summed E-state index contributed by atoms with van der Waals surface area (Å²) in [7, 11) is 0. The Kier molecular flexibility index (Phi) is 6.58. The molecular weight excluding hydrogens is 414 g/mol. The molecule has 2 saturated heterocycles. The lowest BCUT2D eigenvalue weighted by molar-refractivity contribution is -0.120. The van der Waals surface area contributed by atoms with Gasteiger partial charge in [0.2, 0.25) is 5.91 Å².